The molecule has 4 rings (SSSR count). The van der Waals surface area contributed by atoms with E-state index in [9.17, 15) is 4.39 Å². The van der Waals surface area contributed by atoms with Gasteiger partial charge in [-0.2, -0.15) is 4.98 Å². The molecule has 0 bridgehead atoms. The summed E-state index contributed by atoms with van der Waals surface area (Å²) in [7, 11) is 1.66. The van der Waals surface area contributed by atoms with Crippen LogP contribution in [0.1, 0.15) is 5.56 Å². The molecule has 24 heavy (non-hydrogen) atoms. The average Bonchev–Trinajstić information content (AvgIpc) is 3.08. The summed E-state index contributed by atoms with van der Waals surface area (Å²) >= 11 is 0. The summed E-state index contributed by atoms with van der Waals surface area (Å²) < 4.78 is 16.8. The largest absolute Gasteiger partial charge is 0.396 e. The van der Waals surface area contributed by atoms with Gasteiger partial charge in [0.25, 0.3) is 0 Å². The Bertz CT molecular complexity index is 991. The lowest BCUT2D eigenvalue weighted by Gasteiger charge is -2.19. The van der Waals surface area contributed by atoms with Crippen molar-refractivity contribution >= 4 is 11.5 Å². The lowest BCUT2D eigenvalue weighted by Crippen LogP contribution is -2.17. The summed E-state index contributed by atoms with van der Waals surface area (Å²) in [6.07, 6.45) is 1.72. The second kappa shape index (κ2) is 5.30. The minimum Gasteiger partial charge on any atom is -0.396 e. The van der Waals surface area contributed by atoms with Gasteiger partial charge in [0.1, 0.15) is 11.6 Å². The topological polar surface area (TPSA) is 81.1 Å². The molecular formula is C17H17FN6. The van der Waals surface area contributed by atoms with Gasteiger partial charge in [-0.15, -0.1) is 0 Å². The Morgan fingerprint density at radius 3 is 3.00 bits per heavy atom. The lowest BCUT2D eigenvalue weighted by molar-refractivity contribution is 0.635. The van der Waals surface area contributed by atoms with E-state index < -0.39 is 5.82 Å². The molecular weight excluding hydrogens is 307 g/mol. The monoisotopic (exact) mass is 324 g/mol. The molecule has 6 nitrogen and oxygen atoms in total. The number of nitrogens with zero attached hydrogens (tertiary/aromatic N) is 4. The number of rotatable bonds is 1. The highest BCUT2D eigenvalue weighted by atomic mass is 19.1. The summed E-state index contributed by atoms with van der Waals surface area (Å²) in [5, 5.41) is 3.34. The van der Waals surface area contributed by atoms with Gasteiger partial charge >= 0.3 is 0 Å². The van der Waals surface area contributed by atoms with Gasteiger partial charge in [-0.05, 0) is 24.6 Å². The molecule has 0 fully saturated rings. The molecule has 0 saturated heterocycles. The van der Waals surface area contributed by atoms with Crippen LogP contribution in [-0.4, -0.2) is 28.1 Å². The Balaban J connectivity index is 2.09. The molecule has 1 aromatic rings. The Morgan fingerprint density at radius 2 is 2.21 bits per heavy atom. The molecule has 0 radical (unpaired) electrons. The van der Waals surface area contributed by atoms with E-state index in [1.54, 1.807) is 19.3 Å². The standard InChI is InChI=1S/C17H17FN6/c1-9-3-4-12(19)14(18)13(9)11-7-10-8-22-17(20-2)23-15(10)24-6-5-21-16(11)24/h3-4,7-8,21H,5-6,19H2,1-2H3. The molecule has 0 amide bonds. The normalized spacial score (nSPS) is 14.0. The molecule has 0 atom stereocenters. The van der Waals surface area contributed by atoms with E-state index >= 15 is 0 Å². The van der Waals surface area contributed by atoms with Crippen LogP contribution in [0, 0.1) is 12.7 Å². The number of nitrogens with one attached hydrogen (secondary N) is 1. The Hall–Kier alpha value is -2.96. The van der Waals surface area contributed by atoms with Gasteiger partial charge < -0.3 is 15.6 Å². The van der Waals surface area contributed by atoms with Crippen molar-refractivity contribution in [1.82, 2.24) is 14.5 Å². The number of aromatic nitrogens is 3. The maximum absolute atomic E-state index is 14.7. The number of benzene rings is 1. The van der Waals surface area contributed by atoms with Crippen molar-refractivity contribution in [3.05, 3.63) is 41.4 Å². The summed E-state index contributed by atoms with van der Waals surface area (Å²) in [5.74, 6) is 1.24. The maximum Gasteiger partial charge on any atom is 0.246 e. The molecule has 3 aliphatic rings. The van der Waals surface area contributed by atoms with E-state index in [4.69, 9.17) is 5.73 Å². The van der Waals surface area contributed by atoms with Gasteiger partial charge in [-0.1, -0.05) is 6.07 Å². The number of nitrogen functional groups attached to an aromatic ring is 1. The van der Waals surface area contributed by atoms with Crippen LogP contribution in [-0.2, 0) is 6.54 Å². The van der Waals surface area contributed by atoms with Crippen LogP contribution in [0.2, 0.25) is 0 Å². The van der Waals surface area contributed by atoms with E-state index in [-0.39, 0.29) is 5.69 Å². The number of fused-ring (bicyclic) bond motifs is 3. The Kier molecular flexibility index (Phi) is 3.23. The zero-order chi connectivity index (χ0) is 16.8. The number of halogens is 1. The third kappa shape index (κ3) is 2.05. The van der Waals surface area contributed by atoms with Crippen molar-refractivity contribution in [3.63, 3.8) is 0 Å². The first kappa shape index (κ1) is 14.6. The van der Waals surface area contributed by atoms with Crippen molar-refractivity contribution in [2.75, 3.05) is 24.6 Å². The first-order chi connectivity index (χ1) is 11.6. The summed E-state index contributed by atoms with van der Waals surface area (Å²) in [6, 6.07) is 5.33. The molecule has 1 aromatic carbocycles. The van der Waals surface area contributed by atoms with Gasteiger partial charge in [0.05, 0.1) is 5.69 Å². The van der Waals surface area contributed by atoms with Crippen molar-refractivity contribution in [2.24, 2.45) is 4.99 Å². The van der Waals surface area contributed by atoms with Gasteiger partial charge in [0.2, 0.25) is 5.62 Å². The first-order valence-corrected chi connectivity index (χ1v) is 7.72. The van der Waals surface area contributed by atoms with Gasteiger partial charge in [-0.25, -0.2) is 9.37 Å². The zero-order valence-corrected chi connectivity index (χ0v) is 13.5. The zero-order valence-electron chi connectivity index (χ0n) is 13.5. The van der Waals surface area contributed by atoms with Crippen molar-refractivity contribution in [3.8, 4) is 22.5 Å². The highest BCUT2D eigenvalue weighted by molar-refractivity contribution is 5.85. The Morgan fingerprint density at radius 1 is 1.38 bits per heavy atom. The fourth-order valence-corrected chi connectivity index (χ4v) is 3.18. The Labute approximate surface area is 138 Å². The third-order valence-electron chi connectivity index (χ3n) is 4.34. The van der Waals surface area contributed by atoms with Crippen LogP contribution >= 0.6 is 0 Å². The van der Waals surface area contributed by atoms with Crippen LogP contribution in [0.3, 0.4) is 0 Å². The average molecular weight is 324 g/mol. The van der Waals surface area contributed by atoms with Crippen molar-refractivity contribution in [1.29, 1.82) is 0 Å². The highest BCUT2D eigenvalue weighted by Crippen LogP contribution is 2.40. The smallest absolute Gasteiger partial charge is 0.246 e. The quantitative estimate of drug-likeness (QED) is 0.671. The number of pyridine rings is 1. The number of anilines is 2. The minimum atomic E-state index is -0.396. The van der Waals surface area contributed by atoms with Gasteiger partial charge in [0, 0.05) is 43.0 Å². The van der Waals surface area contributed by atoms with Crippen molar-refractivity contribution in [2.45, 2.75) is 13.5 Å². The van der Waals surface area contributed by atoms with E-state index in [0.717, 1.165) is 41.4 Å². The molecule has 3 aliphatic heterocycles. The molecule has 0 saturated carbocycles. The minimum absolute atomic E-state index is 0.142. The van der Waals surface area contributed by atoms with Gasteiger partial charge in [-0.3, -0.25) is 4.99 Å². The van der Waals surface area contributed by atoms with E-state index in [0.29, 0.717) is 11.2 Å². The lowest BCUT2D eigenvalue weighted by atomic mass is 9.97. The molecule has 3 N–H and O–H groups in total. The summed E-state index contributed by atoms with van der Waals surface area (Å²) in [5.41, 5.74) is 9.31. The van der Waals surface area contributed by atoms with Crippen LogP contribution in [0.5, 0.6) is 0 Å². The van der Waals surface area contributed by atoms with E-state index in [1.165, 1.54) is 0 Å². The predicted molar refractivity (Wildman–Crippen MR) is 91.2 cm³/mol. The van der Waals surface area contributed by atoms with E-state index in [1.807, 2.05) is 23.6 Å². The first-order valence-electron chi connectivity index (χ1n) is 7.72. The molecule has 3 heterocycles. The summed E-state index contributed by atoms with van der Waals surface area (Å²) in [6.45, 7) is 3.39. The van der Waals surface area contributed by atoms with Crippen LogP contribution in [0.25, 0.3) is 22.5 Å². The van der Waals surface area contributed by atoms with Crippen molar-refractivity contribution < 1.29 is 4.39 Å². The number of hydrogen-bond acceptors (Lipinski definition) is 5. The molecule has 0 spiro atoms. The van der Waals surface area contributed by atoms with Crippen LogP contribution in [0.15, 0.2) is 29.4 Å². The molecule has 122 valence electrons. The molecule has 0 aliphatic carbocycles. The highest BCUT2D eigenvalue weighted by Gasteiger charge is 2.24. The van der Waals surface area contributed by atoms with Crippen LogP contribution in [0.4, 0.5) is 15.9 Å². The van der Waals surface area contributed by atoms with E-state index in [2.05, 4.69) is 20.3 Å². The number of aryl methyl sites for hydroxylation is 1. The van der Waals surface area contributed by atoms with Gasteiger partial charge in [0.15, 0.2) is 5.82 Å². The number of nitrogens with two attached hydrogens (primary N) is 1. The maximum atomic E-state index is 14.7. The SMILES string of the molecule is CN=c1ncc2cc(-c3c(C)ccc(N)c3F)c3n(c-2n1)CCN3. The fourth-order valence-electron chi connectivity index (χ4n) is 3.18. The summed E-state index contributed by atoms with van der Waals surface area (Å²) in [4.78, 5) is 12.7. The fraction of sp³-hybridized carbons (Fsp3) is 0.235. The van der Waals surface area contributed by atoms with Crippen LogP contribution < -0.4 is 16.7 Å². The second-order valence-electron chi connectivity index (χ2n) is 5.82. The molecule has 0 unspecified atom stereocenters. The second-order valence-corrected chi connectivity index (χ2v) is 5.82. The third-order valence-corrected chi connectivity index (χ3v) is 4.34. The molecule has 7 heteroatoms. The number of hydrogen-bond donors (Lipinski definition) is 2. The molecule has 0 aromatic heterocycles. The predicted octanol–water partition coefficient (Wildman–Crippen LogP) is 2.04.